The first-order valence-electron chi connectivity index (χ1n) is 24.6. The molecule has 6 nitrogen and oxygen atoms in total. The molecule has 0 radical (unpaired) electrons. The van der Waals surface area contributed by atoms with E-state index in [2.05, 4.69) is 31.3 Å². The van der Waals surface area contributed by atoms with E-state index < -0.39 is 36.9 Å². The van der Waals surface area contributed by atoms with Gasteiger partial charge in [0.05, 0.1) is 18.8 Å². The van der Waals surface area contributed by atoms with Crippen LogP contribution in [0.5, 0.6) is 0 Å². The summed E-state index contributed by atoms with van der Waals surface area (Å²) >= 11 is 0. The van der Waals surface area contributed by atoms with Crippen LogP contribution in [-0.4, -0.2) is 57.3 Å². The first kappa shape index (κ1) is 54.0. The van der Waals surface area contributed by atoms with Gasteiger partial charge in [-0.3, -0.25) is 4.79 Å². The molecule has 0 saturated heterocycles. The maximum atomic E-state index is 12.5. The lowest BCUT2D eigenvalue weighted by molar-refractivity contribution is -0.132. The Bertz CT molecular complexity index is 791. The quantitative estimate of drug-likeness (QED) is 0.0312. The number of hydrogen-bond acceptors (Lipinski definition) is 5. The van der Waals surface area contributed by atoms with Crippen molar-refractivity contribution < 1.29 is 25.2 Å². The Kier molecular flexibility index (Phi) is 43.4. The van der Waals surface area contributed by atoms with Gasteiger partial charge in [0.2, 0.25) is 5.91 Å². The summed E-state index contributed by atoms with van der Waals surface area (Å²) in [5.41, 5.74) is 0. The van der Waals surface area contributed by atoms with Gasteiger partial charge in [-0.25, -0.2) is 0 Å². The highest BCUT2D eigenvalue weighted by Crippen LogP contribution is 2.17. The molecule has 0 fully saturated rings. The number of rotatable bonds is 45. The summed E-state index contributed by atoms with van der Waals surface area (Å²) in [6, 6.07) is -0.981. The van der Waals surface area contributed by atoms with Crippen molar-refractivity contribution in [1.82, 2.24) is 5.32 Å². The fraction of sp³-hybridized carbons (Fsp3) is 0.939. The van der Waals surface area contributed by atoms with E-state index in [-0.39, 0.29) is 0 Å². The van der Waals surface area contributed by atoms with Gasteiger partial charge in [0, 0.05) is 0 Å². The minimum Gasteiger partial charge on any atom is -0.394 e. The van der Waals surface area contributed by atoms with Crippen molar-refractivity contribution in [2.24, 2.45) is 0 Å². The standard InChI is InChI=1S/C49H97NO5/c1-3-5-7-9-11-13-15-16-17-18-19-20-21-22-23-24-25-26-27-28-29-30-31-33-35-37-39-41-43-47(53)49(55)50-45(44-51)48(54)46(52)42-40-38-36-34-32-14-12-10-8-6-4-2/h22-23,45-48,51-54H,3-21,24-44H2,1-2H3,(H,50,55)/b23-22-. The zero-order valence-electron chi connectivity index (χ0n) is 36.9. The van der Waals surface area contributed by atoms with Crippen LogP contribution in [0.3, 0.4) is 0 Å². The van der Waals surface area contributed by atoms with Crippen molar-refractivity contribution in [3.63, 3.8) is 0 Å². The molecule has 55 heavy (non-hydrogen) atoms. The average Bonchev–Trinajstić information content (AvgIpc) is 3.19. The number of nitrogens with one attached hydrogen (secondary N) is 1. The fourth-order valence-corrected chi connectivity index (χ4v) is 7.81. The number of allylic oxidation sites excluding steroid dienone is 2. The molecule has 0 saturated carbocycles. The Morgan fingerprint density at radius 3 is 1.05 bits per heavy atom. The molecular formula is C49H97NO5. The van der Waals surface area contributed by atoms with E-state index in [9.17, 15) is 25.2 Å². The highest BCUT2D eigenvalue weighted by atomic mass is 16.3. The summed E-state index contributed by atoms with van der Waals surface area (Å²) in [5, 5.41) is 43.7. The van der Waals surface area contributed by atoms with Gasteiger partial charge in [0.15, 0.2) is 0 Å². The van der Waals surface area contributed by atoms with Crippen LogP contribution in [0.25, 0.3) is 0 Å². The Morgan fingerprint density at radius 1 is 0.436 bits per heavy atom. The van der Waals surface area contributed by atoms with Crippen molar-refractivity contribution in [2.45, 2.75) is 289 Å². The summed E-state index contributed by atoms with van der Waals surface area (Å²) in [4.78, 5) is 12.5. The van der Waals surface area contributed by atoms with Crippen LogP contribution in [0.2, 0.25) is 0 Å². The molecule has 0 aliphatic carbocycles. The number of amides is 1. The maximum absolute atomic E-state index is 12.5. The Hall–Kier alpha value is -0.950. The largest absolute Gasteiger partial charge is 0.394 e. The highest BCUT2D eigenvalue weighted by Gasteiger charge is 2.28. The number of aliphatic hydroxyl groups is 4. The average molecular weight is 780 g/mol. The summed E-state index contributed by atoms with van der Waals surface area (Å²) in [6.07, 6.45) is 49.8. The normalized spacial score (nSPS) is 14.1. The van der Waals surface area contributed by atoms with E-state index in [1.54, 1.807) is 0 Å². The van der Waals surface area contributed by atoms with Gasteiger partial charge in [-0.15, -0.1) is 0 Å². The number of carbonyl (C=O) groups is 1. The number of carbonyl (C=O) groups excluding carboxylic acids is 1. The molecular weight excluding hydrogens is 683 g/mol. The van der Waals surface area contributed by atoms with Crippen LogP contribution in [0.15, 0.2) is 12.2 Å². The lowest BCUT2D eigenvalue weighted by atomic mass is 9.99. The van der Waals surface area contributed by atoms with Gasteiger partial charge in [0.25, 0.3) is 0 Å². The third kappa shape index (κ3) is 38.3. The van der Waals surface area contributed by atoms with Gasteiger partial charge in [-0.1, -0.05) is 238 Å². The second kappa shape index (κ2) is 44.2. The van der Waals surface area contributed by atoms with E-state index in [1.807, 2.05) is 0 Å². The predicted molar refractivity (Wildman–Crippen MR) is 238 cm³/mol. The lowest BCUT2D eigenvalue weighted by Crippen LogP contribution is -2.53. The topological polar surface area (TPSA) is 110 Å². The molecule has 328 valence electrons. The molecule has 0 rings (SSSR count). The van der Waals surface area contributed by atoms with E-state index in [0.717, 1.165) is 38.5 Å². The molecule has 4 unspecified atom stereocenters. The summed E-state index contributed by atoms with van der Waals surface area (Å²) in [7, 11) is 0. The summed E-state index contributed by atoms with van der Waals surface area (Å²) in [5.74, 6) is -0.582. The van der Waals surface area contributed by atoms with Crippen LogP contribution in [-0.2, 0) is 4.79 Å². The van der Waals surface area contributed by atoms with Gasteiger partial charge in [-0.05, 0) is 38.5 Å². The molecule has 0 aromatic heterocycles. The van der Waals surface area contributed by atoms with Crippen molar-refractivity contribution in [1.29, 1.82) is 0 Å². The highest BCUT2D eigenvalue weighted by molar-refractivity contribution is 5.80. The molecule has 0 bridgehead atoms. The van der Waals surface area contributed by atoms with E-state index in [0.29, 0.717) is 12.8 Å². The monoisotopic (exact) mass is 780 g/mol. The third-order valence-electron chi connectivity index (χ3n) is 11.7. The van der Waals surface area contributed by atoms with Crippen LogP contribution >= 0.6 is 0 Å². The van der Waals surface area contributed by atoms with Gasteiger partial charge in [0.1, 0.15) is 12.2 Å². The number of unbranched alkanes of at least 4 members (excludes halogenated alkanes) is 34. The van der Waals surface area contributed by atoms with Crippen molar-refractivity contribution in [3.8, 4) is 0 Å². The van der Waals surface area contributed by atoms with E-state index in [4.69, 9.17) is 0 Å². The molecule has 0 aromatic carbocycles. The van der Waals surface area contributed by atoms with Crippen LogP contribution < -0.4 is 5.32 Å². The zero-order chi connectivity index (χ0) is 40.3. The molecule has 0 spiro atoms. The summed E-state index contributed by atoms with van der Waals surface area (Å²) < 4.78 is 0. The zero-order valence-corrected chi connectivity index (χ0v) is 36.9. The molecule has 1 amide bonds. The van der Waals surface area contributed by atoms with Crippen molar-refractivity contribution in [2.75, 3.05) is 6.61 Å². The maximum Gasteiger partial charge on any atom is 0.249 e. The predicted octanol–water partition coefficient (Wildman–Crippen LogP) is 13.4. The SMILES string of the molecule is CCCCCCCCCCCCCC/C=C\CCCCCCCCCCCCCCC(O)C(=O)NC(CO)C(O)C(O)CCCCCCCCCCCCC. The lowest BCUT2D eigenvalue weighted by Gasteiger charge is -2.27. The third-order valence-corrected chi connectivity index (χ3v) is 11.7. The van der Waals surface area contributed by atoms with Crippen LogP contribution in [0.1, 0.15) is 264 Å². The molecule has 0 aromatic rings. The molecule has 6 heteroatoms. The molecule has 5 N–H and O–H groups in total. The smallest absolute Gasteiger partial charge is 0.249 e. The van der Waals surface area contributed by atoms with Crippen molar-refractivity contribution >= 4 is 5.91 Å². The first-order valence-corrected chi connectivity index (χ1v) is 24.6. The van der Waals surface area contributed by atoms with Crippen molar-refractivity contribution in [3.05, 3.63) is 12.2 Å². The molecule has 4 atom stereocenters. The second-order valence-electron chi connectivity index (χ2n) is 17.2. The van der Waals surface area contributed by atoms with E-state index >= 15 is 0 Å². The number of hydrogen-bond donors (Lipinski definition) is 5. The first-order chi connectivity index (χ1) is 27.0. The minimum atomic E-state index is -1.25. The van der Waals surface area contributed by atoms with Crippen LogP contribution in [0, 0.1) is 0 Å². The summed E-state index contributed by atoms with van der Waals surface area (Å²) in [6.45, 7) is 4.05. The fourth-order valence-electron chi connectivity index (χ4n) is 7.81. The minimum absolute atomic E-state index is 0.372. The molecule has 0 aliphatic heterocycles. The van der Waals surface area contributed by atoms with Gasteiger partial charge in [-0.2, -0.15) is 0 Å². The Balaban J connectivity index is 3.59. The van der Waals surface area contributed by atoms with Crippen LogP contribution in [0.4, 0.5) is 0 Å². The number of aliphatic hydroxyl groups excluding tert-OH is 4. The molecule has 0 aliphatic rings. The second-order valence-corrected chi connectivity index (χ2v) is 17.2. The van der Waals surface area contributed by atoms with E-state index in [1.165, 1.54) is 199 Å². The Morgan fingerprint density at radius 2 is 0.727 bits per heavy atom. The van der Waals surface area contributed by atoms with Gasteiger partial charge < -0.3 is 25.7 Å². The van der Waals surface area contributed by atoms with Gasteiger partial charge >= 0.3 is 0 Å². The Labute approximate surface area is 342 Å². The molecule has 0 heterocycles.